The molecule has 1 aromatic rings. The first kappa shape index (κ1) is 15.2. The van der Waals surface area contributed by atoms with Crippen molar-refractivity contribution in [1.29, 1.82) is 0 Å². The minimum atomic E-state index is -0.225. The highest BCUT2D eigenvalue weighted by atomic mass is 32.2. The van der Waals surface area contributed by atoms with Gasteiger partial charge in [-0.25, -0.2) is 4.79 Å². The summed E-state index contributed by atoms with van der Waals surface area (Å²) in [5, 5.41) is 6.60. The zero-order valence-corrected chi connectivity index (χ0v) is 13.3. The maximum absolute atomic E-state index is 12.0. The first-order valence-electron chi connectivity index (χ1n) is 7.29. The highest BCUT2D eigenvalue weighted by molar-refractivity contribution is 8.00. The van der Waals surface area contributed by atoms with Crippen LogP contribution in [0.1, 0.15) is 46.5 Å². The summed E-state index contributed by atoms with van der Waals surface area (Å²) >= 11 is 1.90. The molecule has 0 unspecified atom stereocenters. The zero-order chi connectivity index (χ0) is 14.6. The predicted molar refractivity (Wildman–Crippen MR) is 86.5 cm³/mol. The van der Waals surface area contributed by atoms with E-state index in [1.165, 1.54) is 30.6 Å². The Balaban J connectivity index is 2.01. The molecule has 20 heavy (non-hydrogen) atoms. The number of urea groups is 1. The van der Waals surface area contributed by atoms with Gasteiger partial charge in [0.25, 0.3) is 0 Å². The topological polar surface area (TPSA) is 41.1 Å². The first-order chi connectivity index (χ1) is 9.44. The maximum atomic E-state index is 12.0. The lowest BCUT2D eigenvalue weighted by Gasteiger charge is -2.21. The Morgan fingerprint density at radius 3 is 2.50 bits per heavy atom. The number of thioether (sulfide) groups is 1. The molecule has 1 fully saturated rings. The lowest BCUT2D eigenvalue weighted by molar-refractivity contribution is 0.243. The Bertz CT molecular complexity index is 462. The Morgan fingerprint density at radius 1 is 1.20 bits per heavy atom. The van der Waals surface area contributed by atoms with E-state index in [2.05, 4.69) is 16.7 Å². The third-order valence-corrected chi connectivity index (χ3v) is 4.63. The molecule has 0 spiro atoms. The molecule has 0 saturated heterocycles. The number of nitrogens with one attached hydrogen (secondary N) is 2. The van der Waals surface area contributed by atoms with Crippen molar-refractivity contribution < 1.29 is 4.79 Å². The second-order valence-electron chi connectivity index (χ2n) is 6.35. The standard InChI is InChI=1S/C16H24N2OS/c1-16(2,3)18-15(19)17-13-10-6-7-11-14(13)20-12-8-4-5-9-12/h6-7,10-12H,4-5,8-9H2,1-3H3,(H2,17,18,19). The van der Waals surface area contributed by atoms with Crippen LogP contribution in [0.3, 0.4) is 0 Å². The molecule has 2 amide bonds. The molecule has 2 N–H and O–H groups in total. The summed E-state index contributed by atoms with van der Waals surface area (Å²) in [7, 11) is 0. The zero-order valence-electron chi connectivity index (χ0n) is 12.5. The maximum Gasteiger partial charge on any atom is 0.319 e. The summed E-state index contributed by atoms with van der Waals surface area (Å²) in [6.07, 6.45) is 5.23. The number of para-hydroxylation sites is 1. The van der Waals surface area contributed by atoms with Crippen LogP contribution in [0.2, 0.25) is 0 Å². The van der Waals surface area contributed by atoms with E-state index in [0.717, 1.165) is 5.69 Å². The molecule has 3 nitrogen and oxygen atoms in total. The normalized spacial score (nSPS) is 16.1. The minimum Gasteiger partial charge on any atom is -0.333 e. The van der Waals surface area contributed by atoms with Crippen LogP contribution in [0.25, 0.3) is 0 Å². The van der Waals surface area contributed by atoms with Crippen molar-refractivity contribution in [3.05, 3.63) is 24.3 Å². The summed E-state index contributed by atoms with van der Waals surface area (Å²) in [6.45, 7) is 5.93. The van der Waals surface area contributed by atoms with E-state index in [9.17, 15) is 4.79 Å². The number of hydrogen-bond acceptors (Lipinski definition) is 2. The van der Waals surface area contributed by atoms with Crippen LogP contribution < -0.4 is 10.6 Å². The second-order valence-corrected chi connectivity index (χ2v) is 7.69. The lowest BCUT2D eigenvalue weighted by atomic mass is 10.1. The van der Waals surface area contributed by atoms with E-state index in [1.807, 2.05) is 50.7 Å². The molecule has 0 radical (unpaired) electrons. The van der Waals surface area contributed by atoms with Crippen molar-refractivity contribution in [2.24, 2.45) is 0 Å². The van der Waals surface area contributed by atoms with Gasteiger partial charge in [-0.3, -0.25) is 0 Å². The van der Waals surface area contributed by atoms with Gasteiger partial charge in [0.1, 0.15) is 0 Å². The van der Waals surface area contributed by atoms with Crippen molar-refractivity contribution in [2.45, 2.75) is 62.1 Å². The number of benzene rings is 1. The van der Waals surface area contributed by atoms with Crippen LogP contribution in [0.15, 0.2) is 29.2 Å². The van der Waals surface area contributed by atoms with Crippen LogP contribution in [0, 0.1) is 0 Å². The van der Waals surface area contributed by atoms with Gasteiger partial charge in [-0.2, -0.15) is 0 Å². The van der Waals surface area contributed by atoms with Gasteiger partial charge in [0.15, 0.2) is 0 Å². The third kappa shape index (κ3) is 4.75. The smallest absolute Gasteiger partial charge is 0.319 e. The number of amides is 2. The summed E-state index contributed by atoms with van der Waals surface area (Å²) in [5.41, 5.74) is 0.684. The Morgan fingerprint density at radius 2 is 1.85 bits per heavy atom. The van der Waals surface area contributed by atoms with Gasteiger partial charge in [-0.15, -0.1) is 11.8 Å². The van der Waals surface area contributed by atoms with E-state index in [-0.39, 0.29) is 11.6 Å². The molecule has 0 atom stereocenters. The summed E-state index contributed by atoms with van der Waals surface area (Å²) in [6, 6.07) is 7.92. The monoisotopic (exact) mass is 292 g/mol. The molecule has 0 aromatic heterocycles. The first-order valence-corrected chi connectivity index (χ1v) is 8.17. The van der Waals surface area contributed by atoms with E-state index < -0.39 is 0 Å². The number of rotatable bonds is 3. The van der Waals surface area contributed by atoms with Crippen LogP contribution in [-0.4, -0.2) is 16.8 Å². The third-order valence-electron chi connectivity index (χ3n) is 3.22. The molecule has 0 aliphatic heterocycles. The molecular weight excluding hydrogens is 268 g/mol. The van der Waals surface area contributed by atoms with Gasteiger partial charge in [-0.05, 0) is 45.7 Å². The van der Waals surface area contributed by atoms with E-state index in [4.69, 9.17) is 0 Å². The quantitative estimate of drug-likeness (QED) is 0.852. The number of hydrogen-bond donors (Lipinski definition) is 2. The van der Waals surface area contributed by atoms with Crippen LogP contribution in [-0.2, 0) is 0 Å². The van der Waals surface area contributed by atoms with Gasteiger partial charge in [0.05, 0.1) is 5.69 Å². The van der Waals surface area contributed by atoms with Crippen molar-refractivity contribution >= 4 is 23.5 Å². The van der Waals surface area contributed by atoms with Crippen LogP contribution in [0.4, 0.5) is 10.5 Å². The van der Waals surface area contributed by atoms with E-state index in [1.54, 1.807) is 0 Å². The fourth-order valence-corrected chi connectivity index (χ4v) is 3.68. The molecule has 110 valence electrons. The van der Waals surface area contributed by atoms with Crippen molar-refractivity contribution in [3.8, 4) is 0 Å². The Hall–Kier alpha value is -1.16. The number of anilines is 1. The average Bonchev–Trinajstić information content (AvgIpc) is 2.82. The molecule has 1 aliphatic rings. The average molecular weight is 292 g/mol. The van der Waals surface area contributed by atoms with E-state index >= 15 is 0 Å². The van der Waals surface area contributed by atoms with Crippen LogP contribution in [0.5, 0.6) is 0 Å². The fraction of sp³-hybridized carbons (Fsp3) is 0.562. The highest BCUT2D eigenvalue weighted by Gasteiger charge is 2.19. The number of carbonyl (C=O) groups excluding carboxylic acids is 1. The van der Waals surface area contributed by atoms with Gasteiger partial charge in [0, 0.05) is 15.7 Å². The Labute approximate surface area is 125 Å². The molecule has 4 heteroatoms. The Kier molecular flexibility index (Phi) is 4.97. The second kappa shape index (κ2) is 6.53. The van der Waals surface area contributed by atoms with Crippen molar-refractivity contribution in [2.75, 3.05) is 5.32 Å². The van der Waals surface area contributed by atoms with Gasteiger partial charge >= 0.3 is 6.03 Å². The molecule has 2 rings (SSSR count). The largest absolute Gasteiger partial charge is 0.333 e. The summed E-state index contributed by atoms with van der Waals surface area (Å²) in [5.74, 6) is 0. The molecule has 1 aliphatic carbocycles. The number of carbonyl (C=O) groups is 1. The minimum absolute atomic E-state index is 0.142. The van der Waals surface area contributed by atoms with Crippen LogP contribution >= 0.6 is 11.8 Å². The van der Waals surface area contributed by atoms with Crippen molar-refractivity contribution in [3.63, 3.8) is 0 Å². The summed E-state index contributed by atoms with van der Waals surface area (Å²) < 4.78 is 0. The lowest BCUT2D eigenvalue weighted by Crippen LogP contribution is -2.43. The van der Waals surface area contributed by atoms with Gasteiger partial charge in [0.2, 0.25) is 0 Å². The summed E-state index contributed by atoms with van der Waals surface area (Å²) in [4.78, 5) is 13.2. The van der Waals surface area contributed by atoms with Gasteiger partial charge < -0.3 is 10.6 Å². The highest BCUT2D eigenvalue weighted by Crippen LogP contribution is 2.37. The molecule has 1 aromatic carbocycles. The van der Waals surface area contributed by atoms with Gasteiger partial charge in [-0.1, -0.05) is 25.0 Å². The van der Waals surface area contributed by atoms with E-state index in [0.29, 0.717) is 5.25 Å². The van der Waals surface area contributed by atoms with Crippen molar-refractivity contribution in [1.82, 2.24) is 5.32 Å². The molecule has 1 saturated carbocycles. The SMILES string of the molecule is CC(C)(C)NC(=O)Nc1ccccc1SC1CCCC1. The predicted octanol–water partition coefficient (Wildman–Crippen LogP) is 4.64. The molecular formula is C16H24N2OS. The molecule has 0 heterocycles. The fourth-order valence-electron chi connectivity index (χ4n) is 2.35. The molecule has 0 bridgehead atoms.